The minimum Gasteiger partial charge on any atom is -0.849 e. The van der Waals surface area contributed by atoms with Crippen molar-refractivity contribution in [3.8, 4) is 0 Å². The number of rotatable bonds is 10. The Balaban J connectivity index is 6.53. The first-order chi connectivity index (χ1) is 13.5. The zero-order valence-electron chi connectivity index (χ0n) is 14.6. The third-order valence-electron chi connectivity index (χ3n) is 3.84. The maximum Gasteiger partial charge on any atom is 0.460 e. The largest absolute Gasteiger partial charge is 0.849 e. The molecular formula is C11H7F17O3Si-2. The maximum atomic E-state index is 13.4. The summed E-state index contributed by atoms with van der Waals surface area (Å²) in [5, 5.41) is 0. The highest BCUT2D eigenvalue weighted by Gasteiger charge is 2.95. The Morgan fingerprint density at radius 2 is 0.812 bits per heavy atom. The molecule has 194 valence electrons. The van der Waals surface area contributed by atoms with Crippen molar-refractivity contribution in [3.63, 3.8) is 0 Å². The lowest BCUT2D eigenvalue weighted by molar-refractivity contribution is -0.462. The van der Waals surface area contributed by atoms with Crippen LogP contribution in [-0.2, 0) is 4.43 Å². The molecule has 0 bridgehead atoms. The van der Waals surface area contributed by atoms with Gasteiger partial charge in [0.25, 0.3) is 0 Å². The average Bonchev–Trinajstić information content (AvgIpc) is 2.58. The van der Waals surface area contributed by atoms with Crippen molar-refractivity contribution >= 4 is 8.80 Å². The third-order valence-corrected chi connectivity index (χ3v) is 5.33. The molecular weight excluding hydrogens is 531 g/mol. The summed E-state index contributed by atoms with van der Waals surface area (Å²) in [7, 11) is -5.59. The van der Waals surface area contributed by atoms with Crippen LogP contribution in [0.4, 0.5) is 74.6 Å². The number of hydrogen-bond donors (Lipinski definition) is 0. The van der Waals surface area contributed by atoms with Gasteiger partial charge in [0.1, 0.15) is 0 Å². The molecule has 32 heavy (non-hydrogen) atoms. The van der Waals surface area contributed by atoms with Gasteiger partial charge >= 0.3 is 47.6 Å². The normalized spacial score (nSPS) is 16.5. The Bertz CT molecular complexity index is 671. The van der Waals surface area contributed by atoms with Crippen molar-refractivity contribution < 1.29 is 88.7 Å². The zero-order valence-corrected chi connectivity index (χ0v) is 15.6. The van der Waals surface area contributed by atoms with Crippen LogP contribution in [0.2, 0.25) is 6.04 Å². The fourth-order valence-electron chi connectivity index (χ4n) is 1.77. The van der Waals surface area contributed by atoms with Crippen molar-refractivity contribution in [2.45, 2.75) is 60.1 Å². The molecule has 0 aliphatic rings. The number of alkyl halides is 17. The van der Waals surface area contributed by atoms with E-state index in [1.54, 1.807) is 0 Å². The van der Waals surface area contributed by atoms with Crippen molar-refractivity contribution in [2.24, 2.45) is 0 Å². The maximum absolute atomic E-state index is 13.4. The van der Waals surface area contributed by atoms with Crippen LogP contribution in [0.3, 0.4) is 0 Å². The summed E-state index contributed by atoms with van der Waals surface area (Å²) in [6.07, 6.45) is -10.9. The van der Waals surface area contributed by atoms with Crippen LogP contribution in [0.1, 0.15) is 6.42 Å². The van der Waals surface area contributed by atoms with Crippen LogP contribution < -0.4 is 9.59 Å². The third kappa shape index (κ3) is 4.35. The second-order valence-electron chi connectivity index (χ2n) is 6.04. The van der Waals surface area contributed by atoms with Crippen molar-refractivity contribution in [2.75, 3.05) is 7.11 Å². The average molecular weight is 538 g/mol. The Morgan fingerprint density at radius 3 is 1.09 bits per heavy atom. The molecule has 0 unspecified atom stereocenters. The minimum atomic E-state index is -8.72. The first-order valence-electron chi connectivity index (χ1n) is 7.19. The molecule has 21 heteroatoms. The molecule has 0 atom stereocenters. The van der Waals surface area contributed by atoms with Gasteiger partial charge in [-0.15, -0.1) is 0 Å². The molecule has 0 rings (SSSR count). The molecule has 0 heterocycles. The molecule has 0 spiro atoms. The Hall–Kier alpha value is -1.09. The quantitative estimate of drug-likeness (QED) is 0.315. The molecule has 0 aromatic heterocycles. The van der Waals surface area contributed by atoms with E-state index in [1.807, 2.05) is 0 Å². The van der Waals surface area contributed by atoms with Crippen LogP contribution in [0.5, 0.6) is 0 Å². The molecule has 0 aliphatic carbocycles. The minimum absolute atomic E-state index is 0.231. The smallest absolute Gasteiger partial charge is 0.460 e. The molecule has 0 saturated heterocycles. The van der Waals surface area contributed by atoms with Crippen molar-refractivity contribution in [3.05, 3.63) is 0 Å². The molecule has 0 radical (unpaired) electrons. The molecule has 3 nitrogen and oxygen atoms in total. The Labute approximate surface area is 166 Å². The highest BCUT2D eigenvalue weighted by molar-refractivity contribution is 6.53. The number of halogens is 17. The highest BCUT2D eigenvalue weighted by atomic mass is 28.4. The zero-order chi connectivity index (χ0) is 26.6. The summed E-state index contributed by atoms with van der Waals surface area (Å²) < 4.78 is 224. The predicted molar refractivity (Wildman–Crippen MR) is 62.9 cm³/mol. The van der Waals surface area contributed by atoms with Crippen molar-refractivity contribution in [1.29, 1.82) is 0 Å². The first-order valence-corrected chi connectivity index (χ1v) is 9.12. The second-order valence-corrected chi connectivity index (χ2v) is 8.31. The fourth-order valence-corrected chi connectivity index (χ4v) is 2.59. The van der Waals surface area contributed by atoms with Crippen LogP contribution in [-0.4, -0.2) is 63.5 Å². The van der Waals surface area contributed by atoms with E-state index in [2.05, 4.69) is 4.43 Å². The van der Waals surface area contributed by atoms with Gasteiger partial charge in [-0.2, -0.15) is 74.6 Å². The van der Waals surface area contributed by atoms with Gasteiger partial charge in [-0.25, -0.2) is 0 Å². The molecule has 0 saturated carbocycles. The van der Waals surface area contributed by atoms with E-state index in [1.165, 1.54) is 0 Å². The van der Waals surface area contributed by atoms with E-state index in [9.17, 15) is 84.2 Å². The van der Waals surface area contributed by atoms with E-state index in [0.717, 1.165) is 0 Å². The van der Waals surface area contributed by atoms with E-state index < -0.39 is 68.9 Å². The van der Waals surface area contributed by atoms with Gasteiger partial charge in [-0.3, -0.25) is 0 Å². The summed E-state index contributed by atoms with van der Waals surface area (Å²) in [5.74, 6) is -57.3. The number of hydrogen-bond acceptors (Lipinski definition) is 3. The van der Waals surface area contributed by atoms with Gasteiger partial charge in [0, 0.05) is 13.5 Å². The van der Waals surface area contributed by atoms with Crippen LogP contribution >= 0.6 is 0 Å². The Morgan fingerprint density at radius 1 is 0.531 bits per heavy atom. The highest BCUT2D eigenvalue weighted by Crippen LogP contribution is 2.64. The molecule has 0 amide bonds. The molecule has 0 aromatic carbocycles. The Kier molecular flexibility index (Phi) is 7.72. The standard InChI is InChI=1S/C11H7F17O3Si/c1-31-32(29,30)3-2-4(12,13)5(14,15)6(16,17)7(18,19)8(20,21)9(22,23)10(24,25)11(26,27)28/h2-3H2,1H3/q-2. The van der Waals surface area contributed by atoms with E-state index in [0.29, 0.717) is 0 Å². The monoisotopic (exact) mass is 538 g/mol. The lowest BCUT2D eigenvalue weighted by Crippen LogP contribution is -2.74. The summed E-state index contributed by atoms with van der Waals surface area (Å²) >= 11 is 0. The lowest BCUT2D eigenvalue weighted by atomic mass is 9.88. The molecule has 0 aliphatic heterocycles. The topological polar surface area (TPSA) is 55.3 Å². The first kappa shape index (κ1) is 30.9. The van der Waals surface area contributed by atoms with Crippen LogP contribution in [0, 0.1) is 0 Å². The summed E-state index contributed by atoms with van der Waals surface area (Å²) in [4.78, 5) is 21.7. The predicted octanol–water partition coefficient (Wildman–Crippen LogP) is 3.69. The van der Waals surface area contributed by atoms with Gasteiger partial charge in [-0.1, -0.05) is 6.04 Å². The van der Waals surface area contributed by atoms with E-state index in [4.69, 9.17) is 0 Å². The summed E-state index contributed by atoms with van der Waals surface area (Å²) in [6, 6.07) is -2.31. The van der Waals surface area contributed by atoms with Crippen LogP contribution in [0.15, 0.2) is 0 Å². The van der Waals surface area contributed by atoms with Gasteiger partial charge in [0.15, 0.2) is 0 Å². The van der Waals surface area contributed by atoms with E-state index >= 15 is 0 Å². The summed E-state index contributed by atoms with van der Waals surface area (Å²) in [5.41, 5.74) is 0. The SMILES string of the molecule is CO[Si]([O-])([O-])CCC(F)(F)C(F)(F)C(F)(F)C(F)(F)C(F)(F)C(F)(F)C(F)(F)C(F)(F)F. The molecule has 0 fully saturated rings. The van der Waals surface area contributed by atoms with Crippen LogP contribution in [0.25, 0.3) is 0 Å². The second kappa shape index (κ2) is 8.00. The van der Waals surface area contributed by atoms with Crippen molar-refractivity contribution in [1.82, 2.24) is 0 Å². The molecule has 0 aromatic rings. The van der Waals surface area contributed by atoms with Gasteiger partial charge in [-0.05, 0) is 8.80 Å². The van der Waals surface area contributed by atoms with E-state index in [-0.39, 0.29) is 7.11 Å². The summed E-state index contributed by atoms with van der Waals surface area (Å²) in [6.45, 7) is 0. The molecule has 0 N–H and O–H groups in total. The fraction of sp³-hybridized carbons (Fsp3) is 1.00. The lowest BCUT2D eigenvalue weighted by Gasteiger charge is -2.46. The van der Waals surface area contributed by atoms with Gasteiger partial charge < -0.3 is 14.0 Å². The van der Waals surface area contributed by atoms with Gasteiger partial charge in [0.2, 0.25) is 0 Å². The van der Waals surface area contributed by atoms with Gasteiger partial charge in [0.05, 0.1) is 0 Å².